The second kappa shape index (κ2) is 11.3. The minimum atomic E-state index is 0.619. The third-order valence-corrected chi connectivity index (χ3v) is 9.02. The van der Waals surface area contributed by atoms with Crippen molar-refractivity contribution >= 4 is 38.3 Å². The van der Waals surface area contributed by atoms with E-state index in [4.69, 9.17) is 19.4 Å². The zero-order valence-corrected chi connectivity index (χ0v) is 25.6. The third-order valence-electron chi connectivity index (χ3n) is 9.02. The van der Waals surface area contributed by atoms with Crippen molar-refractivity contribution in [2.45, 2.75) is 12.8 Å². The van der Waals surface area contributed by atoms with Crippen LogP contribution in [-0.2, 0) is 0 Å². The number of furan rings is 1. The Hall–Kier alpha value is -6.13. The van der Waals surface area contributed by atoms with Crippen LogP contribution in [0.2, 0.25) is 0 Å². The average molecular weight is 604 g/mol. The maximum absolute atomic E-state index is 6.57. The predicted molar refractivity (Wildman–Crippen MR) is 193 cm³/mol. The van der Waals surface area contributed by atoms with Gasteiger partial charge in [-0.1, -0.05) is 133 Å². The summed E-state index contributed by atoms with van der Waals surface area (Å²) < 4.78 is 6.57. The summed E-state index contributed by atoms with van der Waals surface area (Å²) in [6.07, 6.45) is 8.54. The van der Waals surface area contributed by atoms with Crippen molar-refractivity contribution in [1.29, 1.82) is 0 Å². The quantitative estimate of drug-likeness (QED) is 0.196. The van der Waals surface area contributed by atoms with E-state index in [0.29, 0.717) is 17.5 Å². The number of hydrogen-bond acceptors (Lipinski definition) is 4. The zero-order chi connectivity index (χ0) is 31.2. The maximum atomic E-state index is 6.57. The van der Waals surface area contributed by atoms with Crippen molar-refractivity contribution in [1.82, 2.24) is 15.0 Å². The van der Waals surface area contributed by atoms with Gasteiger partial charge >= 0.3 is 0 Å². The summed E-state index contributed by atoms with van der Waals surface area (Å²) in [5, 5.41) is 4.54. The van der Waals surface area contributed by atoms with E-state index in [9.17, 15) is 0 Å². The van der Waals surface area contributed by atoms with Crippen LogP contribution in [0.1, 0.15) is 18.4 Å². The molecule has 4 heteroatoms. The lowest BCUT2D eigenvalue weighted by Crippen LogP contribution is -2.01. The van der Waals surface area contributed by atoms with Gasteiger partial charge in [0.05, 0.1) is 0 Å². The Morgan fingerprint density at radius 3 is 1.98 bits per heavy atom. The van der Waals surface area contributed by atoms with Crippen LogP contribution in [0.3, 0.4) is 0 Å². The summed E-state index contributed by atoms with van der Waals surface area (Å²) in [7, 11) is 0. The minimum absolute atomic E-state index is 0.619. The molecule has 0 aliphatic heterocycles. The molecule has 9 rings (SSSR count). The molecule has 0 amide bonds. The van der Waals surface area contributed by atoms with Gasteiger partial charge in [0, 0.05) is 33.0 Å². The standard InChI is InChI=1S/C43H29N3O/c1-3-12-30(13-4-1)35-25-26-37(39-36-17-9-10-18-38(36)47-40(35)39)43-45-41(31-14-5-2-6-15-31)44-42(46-43)32-22-19-29(20-23-32)34-24-21-28-11-7-8-16-33(28)27-34/h1-3,5-12,14-27H,4,13H2. The first-order valence-electron chi connectivity index (χ1n) is 16.0. The Labute approximate surface area is 272 Å². The number of allylic oxidation sites excluding steroid dienone is 4. The summed E-state index contributed by atoms with van der Waals surface area (Å²) in [5.41, 5.74) is 9.23. The monoisotopic (exact) mass is 603 g/mol. The van der Waals surface area contributed by atoms with Crippen LogP contribution < -0.4 is 0 Å². The maximum Gasteiger partial charge on any atom is 0.164 e. The van der Waals surface area contributed by atoms with Gasteiger partial charge in [-0.2, -0.15) is 0 Å². The van der Waals surface area contributed by atoms with Gasteiger partial charge in [0.15, 0.2) is 17.5 Å². The van der Waals surface area contributed by atoms with E-state index in [1.165, 1.54) is 21.9 Å². The fourth-order valence-electron chi connectivity index (χ4n) is 6.62. The lowest BCUT2D eigenvalue weighted by atomic mass is 9.93. The minimum Gasteiger partial charge on any atom is -0.455 e. The molecule has 0 radical (unpaired) electrons. The number of hydrogen-bond donors (Lipinski definition) is 0. The molecule has 4 nitrogen and oxygen atoms in total. The predicted octanol–water partition coefficient (Wildman–Crippen LogP) is 11.3. The summed E-state index contributed by atoms with van der Waals surface area (Å²) in [4.78, 5) is 15.2. The van der Waals surface area contributed by atoms with E-state index >= 15 is 0 Å². The molecular weight excluding hydrogens is 574 g/mol. The average Bonchev–Trinajstić information content (AvgIpc) is 3.55. The lowest BCUT2D eigenvalue weighted by Gasteiger charge is -2.13. The highest BCUT2D eigenvalue weighted by molar-refractivity contribution is 6.14. The molecule has 0 bridgehead atoms. The van der Waals surface area contributed by atoms with Gasteiger partial charge in [0.1, 0.15) is 11.2 Å². The fraction of sp³-hybridized carbons (Fsp3) is 0.0465. The molecule has 0 fully saturated rings. The first-order chi connectivity index (χ1) is 23.3. The highest BCUT2D eigenvalue weighted by Crippen LogP contribution is 2.41. The van der Waals surface area contributed by atoms with Crippen LogP contribution in [0.5, 0.6) is 0 Å². The first-order valence-corrected chi connectivity index (χ1v) is 16.0. The van der Waals surface area contributed by atoms with E-state index < -0.39 is 0 Å². The third kappa shape index (κ3) is 4.91. The van der Waals surface area contributed by atoms with E-state index in [0.717, 1.165) is 62.6 Å². The SMILES string of the molecule is C1=CCCC(c2ccc(-c3nc(-c4ccccc4)nc(-c4ccc(-c5ccc6ccccc6c5)cc4)n3)c3c2oc2ccccc23)=C1. The van der Waals surface area contributed by atoms with E-state index in [2.05, 4.69) is 109 Å². The second-order valence-corrected chi connectivity index (χ2v) is 11.9. The molecule has 1 aliphatic rings. The van der Waals surface area contributed by atoms with Crippen LogP contribution in [-0.4, -0.2) is 15.0 Å². The second-order valence-electron chi connectivity index (χ2n) is 11.9. The van der Waals surface area contributed by atoms with Gasteiger partial charge in [0.2, 0.25) is 0 Å². The van der Waals surface area contributed by atoms with E-state index in [1.54, 1.807) is 0 Å². The van der Waals surface area contributed by atoms with Crippen molar-refractivity contribution in [2.24, 2.45) is 0 Å². The number of fused-ring (bicyclic) bond motifs is 4. The van der Waals surface area contributed by atoms with E-state index in [1.807, 2.05) is 42.5 Å². The molecule has 8 aromatic rings. The molecule has 0 atom stereocenters. The lowest BCUT2D eigenvalue weighted by molar-refractivity contribution is 0.667. The number of nitrogens with zero attached hydrogens (tertiary/aromatic N) is 3. The molecule has 2 aromatic heterocycles. The van der Waals surface area contributed by atoms with Crippen molar-refractivity contribution in [3.63, 3.8) is 0 Å². The number of para-hydroxylation sites is 1. The van der Waals surface area contributed by atoms with Crippen LogP contribution >= 0.6 is 0 Å². The van der Waals surface area contributed by atoms with Crippen molar-refractivity contribution in [2.75, 3.05) is 0 Å². The summed E-state index contributed by atoms with van der Waals surface area (Å²) in [6, 6.07) is 46.2. The normalized spacial score (nSPS) is 13.0. The summed E-state index contributed by atoms with van der Waals surface area (Å²) in [6.45, 7) is 0. The van der Waals surface area contributed by atoms with Crippen LogP contribution in [0.4, 0.5) is 0 Å². The first kappa shape index (κ1) is 27.2. The Morgan fingerprint density at radius 2 is 1.17 bits per heavy atom. The molecular formula is C43H29N3O. The topological polar surface area (TPSA) is 51.8 Å². The van der Waals surface area contributed by atoms with Crippen molar-refractivity contribution in [3.05, 3.63) is 157 Å². The Balaban J connectivity index is 1.21. The smallest absolute Gasteiger partial charge is 0.164 e. The highest BCUT2D eigenvalue weighted by Gasteiger charge is 2.21. The number of benzene rings is 6. The number of aromatic nitrogens is 3. The van der Waals surface area contributed by atoms with Gasteiger partial charge in [-0.25, -0.2) is 15.0 Å². The van der Waals surface area contributed by atoms with E-state index in [-0.39, 0.29) is 0 Å². The molecule has 222 valence electrons. The summed E-state index contributed by atoms with van der Waals surface area (Å²) >= 11 is 0. The zero-order valence-electron chi connectivity index (χ0n) is 25.6. The summed E-state index contributed by atoms with van der Waals surface area (Å²) in [5.74, 6) is 1.88. The molecule has 0 spiro atoms. The Kier molecular flexibility index (Phi) is 6.57. The van der Waals surface area contributed by atoms with Crippen molar-refractivity contribution in [3.8, 4) is 45.3 Å². The van der Waals surface area contributed by atoms with Gasteiger partial charge in [-0.05, 0) is 58.5 Å². The number of rotatable bonds is 5. The van der Waals surface area contributed by atoms with Crippen molar-refractivity contribution < 1.29 is 4.42 Å². The molecule has 6 aromatic carbocycles. The highest BCUT2D eigenvalue weighted by atomic mass is 16.3. The molecule has 47 heavy (non-hydrogen) atoms. The Bertz CT molecular complexity index is 2510. The molecule has 0 saturated carbocycles. The van der Waals surface area contributed by atoms with Gasteiger partial charge in [-0.3, -0.25) is 0 Å². The van der Waals surface area contributed by atoms with Gasteiger partial charge in [0.25, 0.3) is 0 Å². The van der Waals surface area contributed by atoms with Crippen LogP contribution in [0.15, 0.2) is 156 Å². The Morgan fingerprint density at radius 1 is 0.511 bits per heavy atom. The molecule has 1 aliphatic carbocycles. The van der Waals surface area contributed by atoms with Crippen LogP contribution in [0.25, 0.3) is 83.6 Å². The molecule has 0 unspecified atom stereocenters. The largest absolute Gasteiger partial charge is 0.455 e. The fourth-order valence-corrected chi connectivity index (χ4v) is 6.62. The molecule has 0 saturated heterocycles. The molecule has 2 heterocycles. The molecule has 0 N–H and O–H groups in total. The van der Waals surface area contributed by atoms with Crippen LogP contribution in [0, 0.1) is 0 Å². The van der Waals surface area contributed by atoms with Gasteiger partial charge in [-0.15, -0.1) is 0 Å². The van der Waals surface area contributed by atoms with Gasteiger partial charge < -0.3 is 4.42 Å².